The van der Waals surface area contributed by atoms with Gasteiger partial charge < -0.3 is 10.4 Å². The molecule has 5 heteroatoms. The van der Waals surface area contributed by atoms with Crippen LogP contribution in [0.4, 0.5) is 5.69 Å². The second-order valence-electron chi connectivity index (χ2n) is 4.68. The van der Waals surface area contributed by atoms with E-state index in [1.807, 2.05) is 25.1 Å². The normalized spacial score (nSPS) is 10.5. The quantitative estimate of drug-likeness (QED) is 0.756. The van der Waals surface area contributed by atoms with E-state index in [4.69, 9.17) is 0 Å². The maximum atomic E-state index is 12.3. The van der Waals surface area contributed by atoms with E-state index in [1.54, 1.807) is 30.3 Å². The van der Waals surface area contributed by atoms with Crippen LogP contribution in [0.1, 0.15) is 16.1 Å². The van der Waals surface area contributed by atoms with Crippen LogP contribution in [0, 0.1) is 6.92 Å². The van der Waals surface area contributed by atoms with Crippen molar-refractivity contribution in [3.05, 3.63) is 59.8 Å². The lowest BCUT2D eigenvalue weighted by atomic mass is 10.1. The monoisotopic (exact) mass is 279 g/mol. The third kappa shape index (κ3) is 2.41. The zero-order valence-corrected chi connectivity index (χ0v) is 11.4. The Morgan fingerprint density at radius 1 is 1.05 bits per heavy atom. The molecule has 1 amide bonds. The molecule has 21 heavy (non-hydrogen) atoms. The molecular weight excluding hydrogens is 266 g/mol. The molecule has 0 saturated heterocycles. The van der Waals surface area contributed by atoms with E-state index in [0.29, 0.717) is 16.6 Å². The number of carbonyl (C=O) groups excluding carboxylic acids is 1. The Hall–Kier alpha value is -2.95. The highest BCUT2D eigenvalue weighted by Gasteiger charge is 2.17. The Balaban J connectivity index is 1.99. The molecule has 5 nitrogen and oxygen atoms in total. The number of aromatic nitrogens is 2. The van der Waals surface area contributed by atoms with E-state index in [2.05, 4.69) is 15.5 Å². The van der Waals surface area contributed by atoms with Gasteiger partial charge in [0.15, 0.2) is 11.4 Å². The number of aromatic hydroxyl groups is 1. The number of rotatable bonds is 2. The standard InChI is InChI=1S/C16H13N3O2/c1-10-6-2-4-8-12(10)17-16(21)14-15(20)11-7-3-5-9-13(11)18-19-14/h2-9H,1H3,(H,17,21)(H,18,20). The van der Waals surface area contributed by atoms with Crippen molar-refractivity contribution in [2.24, 2.45) is 0 Å². The second kappa shape index (κ2) is 5.20. The number of benzene rings is 2. The van der Waals surface area contributed by atoms with Gasteiger partial charge in [0.05, 0.1) is 5.52 Å². The van der Waals surface area contributed by atoms with Crippen molar-refractivity contribution in [1.82, 2.24) is 10.2 Å². The highest BCUT2D eigenvalue weighted by molar-refractivity contribution is 6.07. The first-order chi connectivity index (χ1) is 10.2. The molecule has 0 atom stereocenters. The summed E-state index contributed by atoms with van der Waals surface area (Å²) in [7, 11) is 0. The summed E-state index contributed by atoms with van der Waals surface area (Å²) < 4.78 is 0. The van der Waals surface area contributed by atoms with Crippen molar-refractivity contribution in [3.63, 3.8) is 0 Å². The fraction of sp³-hybridized carbons (Fsp3) is 0.0625. The molecule has 3 aromatic rings. The first-order valence-corrected chi connectivity index (χ1v) is 6.48. The average molecular weight is 279 g/mol. The van der Waals surface area contributed by atoms with E-state index in [-0.39, 0.29) is 11.4 Å². The van der Waals surface area contributed by atoms with Crippen LogP contribution in [0.15, 0.2) is 48.5 Å². The molecule has 1 aromatic heterocycles. The number of carbonyl (C=O) groups is 1. The highest BCUT2D eigenvalue weighted by atomic mass is 16.3. The fourth-order valence-corrected chi connectivity index (χ4v) is 2.09. The van der Waals surface area contributed by atoms with Crippen LogP contribution in [0.3, 0.4) is 0 Å². The lowest BCUT2D eigenvalue weighted by Crippen LogP contribution is -2.15. The lowest BCUT2D eigenvalue weighted by Gasteiger charge is -2.09. The summed E-state index contributed by atoms with van der Waals surface area (Å²) in [4.78, 5) is 12.3. The van der Waals surface area contributed by atoms with Gasteiger partial charge in [-0.3, -0.25) is 4.79 Å². The smallest absolute Gasteiger partial charge is 0.280 e. The van der Waals surface area contributed by atoms with E-state index >= 15 is 0 Å². The minimum atomic E-state index is -0.486. The van der Waals surface area contributed by atoms with Gasteiger partial charge in [0.2, 0.25) is 0 Å². The molecule has 0 saturated carbocycles. The predicted octanol–water partition coefficient (Wildman–Crippen LogP) is 2.90. The summed E-state index contributed by atoms with van der Waals surface area (Å²) in [6, 6.07) is 14.4. The van der Waals surface area contributed by atoms with Gasteiger partial charge in [-0.1, -0.05) is 30.3 Å². The average Bonchev–Trinajstić information content (AvgIpc) is 2.50. The van der Waals surface area contributed by atoms with Crippen LogP contribution in [0.5, 0.6) is 5.75 Å². The van der Waals surface area contributed by atoms with E-state index in [1.165, 1.54) is 0 Å². The zero-order valence-electron chi connectivity index (χ0n) is 11.4. The van der Waals surface area contributed by atoms with Crippen molar-refractivity contribution in [2.75, 3.05) is 5.32 Å². The number of para-hydroxylation sites is 1. The van der Waals surface area contributed by atoms with Crippen LogP contribution in [-0.2, 0) is 0 Å². The van der Waals surface area contributed by atoms with Gasteiger partial charge in [-0.15, -0.1) is 10.2 Å². The minimum Gasteiger partial charge on any atom is -0.505 e. The molecule has 0 bridgehead atoms. The zero-order chi connectivity index (χ0) is 14.8. The van der Waals surface area contributed by atoms with Gasteiger partial charge in [0, 0.05) is 11.1 Å². The molecule has 1 heterocycles. The molecular formula is C16H13N3O2. The summed E-state index contributed by atoms with van der Waals surface area (Å²) >= 11 is 0. The second-order valence-corrected chi connectivity index (χ2v) is 4.68. The van der Waals surface area contributed by atoms with Crippen LogP contribution in [0.2, 0.25) is 0 Å². The van der Waals surface area contributed by atoms with Crippen molar-refractivity contribution in [3.8, 4) is 5.75 Å². The van der Waals surface area contributed by atoms with Gasteiger partial charge in [-0.2, -0.15) is 0 Å². The Morgan fingerprint density at radius 2 is 1.76 bits per heavy atom. The van der Waals surface area contributed by atoms with Crippen molar-refractivity contribution in [1.29, 1.82) is 0 Å². The first-order valence-electron chi connectivity index (χ1n) is 6.48. The molecule has 2 N–H and O–H groups in total. The van der Waals surface area contributed by atoms with Gasteiger partial charge in [0.25, 0.3) is 5.91 Å². The summed E-state index contributed by atoms with van der Waals surface area (Å²) in [6.45, 7) is 1.89. The van der Waals surface area contributed by atoms with Gasteiger partial charge in [-0.05, 0) is 30.7 Å². The van der Waals surface area contributed by atoms with E-state index in [0.717, 1.165) is 5.56 Å². The van der Waals surface area contributed by atoms with E-state index in [9.17, 15) is 9.90 Å². The molecule has 0 fully saturated rings. The van der Waals surface area contributed by atoms with E-state index < -0.39 is 5.91 Å². The molecule has 0 aliphatic carbocycles. The molecule has 0 aliphatic heterocycles. The van der Waals surface area contributed by atoms with Crippen LogP contribution in [0.25, 0.3) is 10.9 Å². The van der Waals surface area contributed by atoms with Gasteiger partial charge in [-0.25, -0.2) is 0 Å². The Labute approximate surface area is 121 Å². The molecule has 0 spiro atoms. The topological polar surface area (TPSA) is 75.1 Å². The number of aryl methyl sites for hydroxylation is 1. The molecule has 104 valence electrons. The third-order valence-electron chi connectivity index (χ3n) is 3.25. The Bertz CT molecular complexity index is 831. The highest BCUT2D eigenvalue weighted by Crippen LogP contribution is 2.26. The van der Waals surface area contributed by atoms with Gasteiger partial charge >= 0.3 is 0 Å². The molecule has 0 unspecified atom stereocenters. The SMILES string of the molecule is Cc1ccccc1NC(=O)c1nnc2ccccc2c1O. The summed E-state index contributed by atoms with van der Waals surface area (Å²) in [6.07, 6.45) is 0. The van der Waals surface area contributed by atoms with Crippen LogP contribution >= 0.6 is 0 Å². The number of anilines is 1. The van der Waals surface area contributed by atoms with Crippen LogP contribution < -0.4 is 5.32 Å². The largest absolute Gasteiger partial charge is 0.505 e. The number of hydrogen-bond acceptors (Lipinski definition) is 4. The first kappa shape index (κ1) is 13.1. The molecule has 2 aromatic carbocycles. The Morgan fingerprint density at radius 3 is 2.57 bits per heavy atom. The fourth-order valence-electron chi connectivity index (χ4n) is 2.09. The predicted molar refractivity (Wildman–Crippen MR) is 80.3 cm³/mol. The van der Waals surface area contributed by atoms with Gasteiger partial charge in [0.1, 0.15) is 0 Å². The maximum Gasteiger partial charge on any atom is 0.280 e. The van der Waals surface area contributed by atoms with Crippen molar-refractivity contribution >= 4 is 22.5 Å². The molecule has 3 rings (SSSR count). The van der Waals surface area contributed by atoms with Crippen molar-refractivity contribution in [2.45, 2.75) is 6.92 Å². The lowest BCUT2D eigenvalue weighted by molar-refractivity contribution is 0.101. The Kier molecular flexibility index (Phi) is 3.23. The summed E-state index contributed by atoms with van der Waals surface area (Å²) in [5.74, 6) is -0.647. The maximum absolute atomic E-state index is 12.3. The third-order valence-corrected chi connectivity index (χ3v) is 3.25. The number of hydrogen-bond donors (Lipinski definition) is 2. The van der Waals surface area contributed by atoms with Crippen LogP contribution in [-0.4, -0.2) is 21.2 Å². The number of nitrogens with zero attached hydrogens (tertiary/aromatic N) is 2. The van der Waals surface area contributed by atoms with Crippen molar-refractivity contribution < 1.29 is 9.90 Å². The summed E-state index contributed by atoms with van der Waals surface area (Å²) in [5, 5.41) is 21.2. The number of amides is 1. The minimum absolute atomic E-state index is 0.0862. The molecule has 0 radical (unpaired) electrons. The molecule has 0 aliphatic rings. The number of nitrogens with one attached hydrogen (secondary N) is 1. The number of fused-ring (bicyclic) bond motifs is 1. The summed E-state index contributed by atoms with van der Waals surface area (Å²) in [5.41, 5.74) is 2.07.